The molecule has 0 spiro atoms. The van der Waals surface area contributed by atoms with Gasteiger partial charge >= 0.3 is 11.9 Å². The highest BCUT2D eigenvalue weighted by molar-refractivity contribution is 6.32. The van der Waals surface area contributed by atoms with Crippen LogP contribution in [0.3, 0.4) is 0 Å². The van der Waals surface area contributed by atoms with Crippen LogP contribution < -0.4 is 14.2 Å². The third-order valence-corrected chi connectivity index (χ3v) is 4.04. The van der Waals surface area contributed by atoms with Gasteiger partial charge in [0.25, 0.3) is 0 Å². The Morgan fingerprint density at radius 1 is 1.14 bits per heavy atom. The van der Waals surface area contributed by atoms with Crippen LogP contribution in [0.1, 0.15) is 18.1 Å². The highest BCUT2D eigenvalue weighted by Crippen LogP contribution is 2.37. The van der Waals surface area contributed by atoms with Crippen molar-refractivity contribution >= 4 is 35.5 Å². The topological polar surface area (TPSA) is 83.4 Å². The first-order valence-corrected chi connectivity index (χ1v) is 8.52. The van der Waals surface area contributed by atoms with E-state index in [9.17, 15) is 9.59 Å². The molecule has 8 heteroatoms. The molecule has 0 saturated heterocycles. The van der Waals surface area contributed by atoms with Crippen molar-refractivity contribution in [1.29, 1.82) is 0 Å². The van der Waals surface area contributed by atoms with Crippen molar-refractivity contribution in [2.24, 2.45) is 4.99 Å². The van der Waals surface area contributed by atoms with Gasteiger partial charge in [0, 0.05) is 12.5 Å². The van der Waals surface area contributed by atoms with Crippen LogP contribution in [0, 0.1) is 0 Å². The average Bonchev–Trinajstić information content (AvgIpc) is 3.04. The first-order chi connectivity index (χ1) is 13.4. The molecule has 0 N–H and O–H groups in total. The molecular formula is C20H16ClNO6. The number of carbonyl (C=O) groups is 2. The second-order valence-corrected chi connectivity index (χ2v) is 6.10. The number of hydrogen-bond acceptors (Lipinski definition) is 7. The Hall–Kier alpha value is -3.32. The smallest absolute Gasteiger partial charge is 0.363 e. The molecule has 144 valence electrons. The summed E-state index contributed by atoms with van der Waals surface area (Å²) in [6, 6.07) is 10.1. The Morgan fingerprint density at radius 3 is 2.46 bits per heavy atom. The summed E-state index contributed by atoms with van der Waals surface area (Å²) < 4.78 is 20.6. The van der Waals surface area contributed by atoms with E-state index in [0.29, 0.717) is 16.9 Å². The van der Waals surface area contributed by atoms with Gasteiger partial charge in [0.1, 0.15) is 5.75 Å². The van der Waals surface area contributed by atoms with Gasteiger partial charge in [-0.25, -0.2) is 9.79 Å². The number of nitrogens with zero attached hydrogens (tertiary/aromatic N) is 1. The molecular weight excluding hydrogens is 386 g/mol. The minimum atomic E-state index is -0.593. The van der Waals surface area contributed by atoms with Crippen LogP contribution in [0.4, 0.5) is 0 Å². The first-order valence-electron chi connectivity index (χ1n) is 8.14. The highest BCUT2D eigenvalue weighted by atomic mass is 35.5. The number of carbonyl (C=O) groups excluding carboxylic acids is 2. The number of benzene rings is 2. The Labute approximate surface area is 166 Å². The predicted molar refractivity (Wildman–Crippen MR) is 103 cm³/mol. The average molecular weight is 402 g/mol. The molecule has 0 aromatic heterocycles. The lowest BCUT2D eigenvalue weighted by molar-refractivity contribution is -0.132. The van der Waals surface area contributed by atoms with Gasteiger partial charge in [0.05, 0.1) is 19.2 Å². The van der Waals surface area contributed by atoms with Gasteiger partial charge < -0.3 is 18.9 Å². The normalized spacial score (nSPS) is 14.5. The van der Waals surface area contributed by atoms with Crippen molar-refractivity contribution in [2.45, 2.75) is 6.92 Å². The van der Waals surface area contributed by atoms with Crippen molar-refractivity contribution < 1.29 is 28.5 Å². The second kappa shape index (κ2) is 8.14. The monoisotopic (exact) mass is 401 g/mol. The van der Waals surface area contributed by atoms with Gasteiger partial charge in [-0.2, -0.15) is 0 Å². The zero-order chi connectivity index (χ0) is 20.3. The van der Waals surface area contributed by atoms with Gasteiger partial charge in [0.2, 0.25) is 5.90 Å². The number of rotatable bonds is 5. The standard InChI is InChI=1S/C20H16ClNO6/c1-11(23)27-18-15(21)8-12(10-17(18)26-3)9-16-20(24)28-19(22-16)13-4-6-14(25-2)7-5-13/h4-10H,1-3H3/b16-9-. The van der Waals surface area contributed by atoms with Gasteiger partial charge in [-0.3, -0.25) is 4.79 Å². The maximum absolute atomic E-state index is 12.2. The van der Waals surface area contributed by atoms with Gasteiger partial charge in [-0.1, -0.05) is 11.6 Å². The Bertz CT molecular complexity index is 995. The van der Waals surface area contributed by atoms with Crippen molar-refractivity contribution in [3.8, 4) is 17.2 Å². The third-order valence-electron chi connectivity index (χ3n) is 3.76. The molecule has 1 aliphatic rings. The molecule has 3 rings (SSSR count). The van der Waals surface area contributed by atoms with E-state index in [1.54, 1.807) is 37.4 Å². The molecule has 0 fully saturated rings. The number of cyclic esters (lactones) is 1. The van der Waals surface area contributed by atoms with Crippen LogP contribution in [-0.4, -0.2) is 32.1 Å². The zero-order valence-corrected chi connectivity index (χ0v) is 16.1. The second-order valence-electron chi connectivity index (χ2n) is 5.69. The number of halogens is 1. The van der Waals surface area contributed by atoms with Crippen LogP contribution in [0.25, 0.3) is 6.08 Å². The van der Waals surface area contributed by atoms with E-state index < -0.39 is 11.9 Å². The molecule has 0 atom stereocenters. The van der Waals surface area contributed by atoms with Gasteiger partial charge in [-0.05, 0) is 48.0 Å². The molecule has 0 bridgehead atoms. The van der Waals surface area contributed by atoms with Gasteiger partial charge in [-0.15, -0.1) is 0 Å². The van der Waals surface area contributed by atoms with E-state index in [0.717, 1.165) is 0 Å². The molecule has 0 aliphatic carbocycles. The Balaban J connectivity index is 1.93. The number of hydrogen-bond donors (Lipinski definition) is 0. The summed E-state index contributed by atoms with van der Waals surface area (Å²) in [6.45, 7) is 1.26. The van der Waals surface area contributed by atoms with E-state index in [4.69, 9.17) is 30.5 Å². The van der Waals surface area contributed by atoms with Crippen LogP contribution >= 0.6 is 11.6 Å². The molecule has 1 aliphatic heterocycles. The molecule has 1 heterocycles. The molecule has 0 saturated carbocycles. The summed E-state index contributed by atoms with van der Waals surface area (Å²) in [6.07, 6.45) is 1.50. The molecule has 0 radical (unpaired) electrons. The molecule has 28 heavy (non-hydrogen) atoms. The summed E-state index contributed by atoms with van der Waals surface area (Å²) in [5, 5.41) is 0.159. The minimum Gasteiger partial charge on any atom is -0.497 e. The van der Waals surface area contributed by atoms with Crippen molar-refractivity contribution in [3.63, 3.8) is 0 Å². The summed E-state index contributed by atoms with van der Waals surface area (Å²) >= 11 is 6.18. The summed E-state index contributed by atoms with van der Waals surface area (Å²) in [7, 11) is 2.98. The number of esters is 2. The fourth-order valence-electron chi connectivity index (χ4n) is 2.49. The van der Waals surface area contributed by atoms with Crippen molar-refractivity contribution in [3.05, 3.63) is 58.2 Å². The van der Waals surface area contributed by atoms with Crippen LogP contribution in [0.15, 0.2) is 47.1 Å². The van der Waals surface area contributed by atoms with Crippen molar-refractivity contribution in [2.75, 3.05) is 14.2 Å². The van der Waals surface area contributed by atoms with E-state index in [1.807, 2.05) is 0 Å². The van der Waals surface area contributed by atoms with Gasteiger partial charge in [0.15, 0.2) is 17.2 Å². The molecule has 7 nitrogen and oxygen atoms in total. The number of aliphatic imine (C=N–C) groups is 1. The van der Waals surface area contributed by atoms with Crippen LogP contribution in [-0.2, 0) is 14.3 Å². The predicted octanol–water partition coefficient (Wildman–Crippen LogP) is 3.63. The Morgan fingerprint density at radius 2 is 1.86 bits per heavy atom. The van der Waals surface area contributed by atoms with Crippen LogP contribution in [0.5, 0.6) is 17.2 Å². The fraction of sp³-hybridized carbons (Fsp3) is 0.150. The molecule has 0 unspecified atom stereocenters. The highest BCUT2D eigenvalue weighted by Gasteiger charge is 2.24. The largest absolute Gasteiger partial charge is 0.497 e. The lowest BCUT2D eigenvalue weighted by atomic mass is 10.1. The molecule has 0 amide bonds. The van der Waals surface area contributed by atoms with E-state index >= 15 is 0 Å². The lowest BCUT2D eigenvalue weighted by Crippen LogP contribution is -2.05. The summed E-state index contributed by atoms with van der Waals surface area (Å²) in [5.74, 6) is 0.104. The minimum absolute atomic E-state index is 0.101. The Kier molecular flexibility index (Phi) is 5.65. The summed E-state index contributed by atoms with van der Waals surface area (Å²) in [4.78, 5) is 27.6. The molecule has 2 aromatic carbocycles. The quantitative estimate of drug-likeness (QED) is 0.432. The third kappa shape index (κ3) is 4.15. The fourth-order valence-corrected chi connectivity index (χ4v) is 2.75. The van der Waals surface area contributed by atoms with E-state index in [-0.39, 0.29) is 28.1 Å². The van der Waals surface area contributed by atoms with Crippen LogP contribution in [0.2, 0.25) is 5.02 Å². The molecule has 2 aromatic rings. The lowest BCUT2D eigenvalue weighted by Gasteiger charge is -2.10. The first kappa shape index (κ1) is 19.4. The number of ether oxygens (including phenoxy) is 4. The number of methoxy groups -OCH3 is 2. The maximum Gasteiger partial charge on any atom is 0.363 e. The maximum atomic E-state index is 12.2. The zero-order valence-electron chi connectivity index (χ0n) is 15.3. The van der Waals surface area contributed by atoms with E-state index in [1.165, 1.54) is 26.2 Å². The van der Waals surface area contributed by atoms with E-state index in [2.05, 4.69) is 4.99 Å². The summed E-state index contributed by atoms with van der Waals surface area (Å²) in [5.41, 5.74) is 1.27. The van der Waals surface area contributed by atoms with Crippen molar-refractivity contribution in [1.82, 2.24) is 0 Å². The SMILES string of the molecule is COc1ccc(C2=N/C(=C\c3cc(Cl)c(OC(C)=O)c(OC)c3)C(=O)O2)cc1.